The van der Waals surface area contributed by atoms with Crippen molar-refractivity contribution in [3.63, 3.8) is 0 Å². The first-order valence-electron chi connectivity index (χ1n) is 29.5. The van der Waals surface area contributed by atoms with Crippen LogP contribution in [0.1, 0.15) is 97.1 Å². The van der Waals surface area contributed by atoms with Gasteiger partial charge in [-0.3, -0.25) is 0 Å². The first-order valence-corrected chi connectivity index (χ1v) is 31.3. The van der Waals surface area contributed by atoms with Crippen LogP contribution in [0.15, 0.2) is 108 Å². The van der Waals surface area contributed by atoms with Crippen LogP contribution in [0, 0.1) is 0 Å². The molecule has 4 aromatic heterocycles. The van der Waals surface area contributed by atoms with Crippen molar-refractivity contribution in [1.29, 1.82) is 0 Å². The Morgan fingerprint density at radius 1 is 0.628 bits per heavy atom. The molecule has 8 aromatic rings. The van der Waals surface area contributed by atoms with Gasteiger partial charge >= 0.3 is 18.2 Å². The smallest absolute Gasteiger partial charge is 0.475 e. The third-order valence-electron chi connectivity index (χ3n) is 15.7. The highest BCUT2D eigenvalue weighted by molar-refractivity contribution is 7.16. The summed E-state index contributed by atoms with van der Waals surface area (Å²) in [5.74, 6) is 0.111. The molecule has 0 unspecified atom stereocenters. The minimum absolute atomic E-state index is 0.223. The number of carboxylic acids is 1. The average molecular weight is 1210 g/mol. The van der Waals surface area contributed by atoms with Gasteiger partial charge in [0.15, 0.2) is 23.3 Å². The number of aromatic nitrogens is 6. The average Bonchev–Trinajstić information content (AvgIpc) is 3.15. The number of carboxylic acid groups (broad SMARTS) is 1. The maximum atomic E-state index is 12.4. The van der Waals surface area contributed by atoms with E-state index < -0.39 is 17.7 Å². The fourth-order valence-electron chi connectivity index (χ4n) is 11.2. The molecule has 23 heteroatoms. The zero-order valence-corrected chi connectivity index (χ0v) is 50.8. The second-order valence-corrected chi connectivity index (χ2v) is 24.9. The number of hydrogen-bond donors (Lipinski definition) is 6. The number of aliphatic carboxylic acids is 1. The molecular formula is C63H75F3N14O4S2. The highest BCUT2D eigenvalue weighted by Gasteiger charge is 2.38. The summed E-state index contributed by atoms with van der Waals surface area (Å²) >= 11 is 3.07. The Kier molecular flexibility index (Phi) is 19.9. The predicted octanol–water partition coefficient (Wildman–Crippen LogP) is 12.9. The van der Waals surface area contributed by atoms with Gasteiger partial charge in [-0.2, -0.15) is 13.2 Å². The maximum absolute atomic E-state index is 12.4. The number of anilines is 6. The number of nitrogens with one attached hydrogen (secondary N) is 5. The number of rotatable bonds is 14. The number of halogens is 3. The topological polar surface area (TPSA) is 211 Å². The van der Waals surface area contributed by atoms with Gasteiger partial charge in [-0.1, -0.05) is 48.5 Å². The zero-order valence-electron chi connectivity index (χ0n) is 49.2. The van der Waals surface area contributed by atoms with Gasteiger partial charge in [0, 0.05) is 97.3 Å². The number of carbonyl (C=O) groups is 2. The summed E-state index contributed by atoms with van der Waals surface area (Å²) in [7, 11) is 0. The number of amides is 1. The Labute approximate surface area is 507 Å². The molecule has 6 N–H and O–H groups in total. The van der Waals surface area contributed by atoms with Crippen LogP contribution in [0.4, 0.5) is 52.4 Å². The SMILES string of the molecule is C[C@H]1CCCN1c1cccc(Nc2nc(-c3cccc(CNC4CCN(C(=O)OC(C)(C)C)CC4)c3)nc3scnc23)c1.C[C@H]1CCCN1c1cccc(Nc2nc(-c3cccc(CNC4CCNCC4)c3)nc3scnc23)c1.O=C(O)C(F)(F)F. The molecule has 4 aliphatic heterocycles. The van der Waals surface area contributed by atoms with E-state index in [9.17, 15) is 18.0 Å². The van der Waals surface area contributed by atoms with Crippen LogP contribution < -0.4 is 36.4 Å². The van der Waals surface area contributed by atoms with Crippen molar-refractivity contribution in [2.75, 3.05) is 59.7 Å². The van der Waals surface area contributed by atoms with E-state index in [-0.39, 0.29) is 6.09 Å². The van der Waals surface area contributed by atoms with Crippen molar-refractivity contribution >= 4 is 89.8 Å². The lowest BCUT2D eigenvalue weighted by atomic mass is 10.0. The van der Waals surface area contributed by atoms with Crippen LogP contribution in [-0.4, -0.2) is 127 Å². The molecule has 18 nitrogen and oxygen atoms in total. The van der Waals surface area contributed by atoms with Gasteiger partial charge in [0.25, 0.3) is 0 Å². The Morgan fingerprint density at radius 2 is 1.08 bits per heavy atom. The molecule has 0 aliphatic carbocycles. The number of fused-ring (bicyclic) bond motifs is 2. The number of likely N-dealkylation sites (tertiary alicyclic amines) is 1. The third kappa shape index (κ3) is 16.3. The Hall–Kier alpha value is -7.57. The molecule has 2 atom stereocenters. The second-order valence-electron chi connectivity index (χ2n) is 23.3. The van der Waals surface area contributed by atoms with Crippen LogP contribution in [0.5, 0.6) is 0 Å². The quantitative estimate of drug-likeness (QED) is 0.0598. The summed E-state index contributed by atoms with van der Waals surface area (Å²) in [5.41, 5.74) is 13.7. The Morgan fingerprint density at radius 3 is 1.51 bits per heavy atom. The number of carbonyl (C=O) groups excluding carboxylic acids is 1. The fourth-order valence-corrected chi connectivity index (χ4v) is 12.5. The molecule has 1 amide bonds. The van der Waals surface area contributed by atoms with Crippen LogP contribution >= 0.6 is 22.7 Å². The van der Waals surface area contributed by atoms with E-state index >= 15 is 0 Å². The van der Waals surface area contributed by atoms with Crippen LogP contribution in [-0.2, 0) is 22.6 Å². The summed E-state index contributed by atoms with van der Waals surface area (Å²) < 4.78 is 37.3. The number of ether oxygens (including phenoxy) is 1. The van der Waals surface area contributed by atoms with E-state index in [0.29, 0.717) is 48.9 Å². The van der Waals surface area contributed by atoms with Crippen molar-refractivity contribution in [1.82, 2.24) is 50.8 Å². The lowest BCUT2D eigenvalue weighted by Gasteiger charge is -2.33. The molecule has 454 valence electrons. The van der Waals surface area contributed by atoms with E-state index in [1.54, 1.807) is 11.3 Å². The van der Waals surface area contributed by atoms with E-state index in [1.165, 1.54) is 72.4 Å². The van der Waals surface area contributed by atoms with Gasteiger partial charge in [0.05, 0.1) is 11.0 Å². The second kappa shape index (κ2) is 27.9. The number of alkyl halides is 3. The third-order valence-corrected chi connectivity index (χ3v) is 17.1. The predicted molar refractivity (Wildman–Crippen MR) is 337 cm³/mol. The Bertz CT molecular complexity index is 3580. The number of hydrogen-bond acceptors (Lipinski definition) is 18. The van der Waals surface area contributed by atoms with Crippen LogP contribution in [0.2, 0.25) is 0 Å². The van der Waals surface area contributed by atoms with Gasteiger partial charge in [-0.05, 0) is 159 Å². The van der Waals surface area contributed by atoms with E-state index in [4.69, 9.17) is 34.6 Å². The normalized spacial score (nSPS) is 17.7. The summed E-state index contributed by atoms with van der Waals surface area (Å²) in [6.07, 6.45) is 3.81. The maximum Gasteiger partial charge on any atom is 0.490 e. The fraction of sp³-hybridized carbons (Fsp3) is 0.429. The number of benzene rings is 4. The lowest BCUT2D eigenvalue weighted by molar-refractivity contribution is -0.192. The molecule has 4 aromatic carbocycles. The molecular weight excluding hydrogens is 1140 g/mol. The van der Waals surface area contributed by atoms with E-state index in [0.717, 1.165) is 107 Å². The molecule has 4 fully saturated rings. The molecule has 4 saturated heterocycles. The first kappa shape index (κ1) is 61.5. The highest BCUT2D eigenvalue weighted by atomic mass is 32.1. The molecule has 0 bridgehead atoms. The molecule has 8 heterocycles. The van der Waals surface area contributed by atoms with Crippen LogP contribution in [0.3, 0.4) is 0 Å². The molecule has 4 aliphatic rings. The number of piperidine rings is 2. The van der Waals surface area contributed by atoms with Crippen molar-refractivity contribution < 1.29 is 32.6 Å². The molecule has 0 radical (unpaired) electrons. The minimum Gasteiger partial charge on any atom is -0.475 e. The zero-order chi connectivity index (χ0) is 60.4. The van der Waals surface area contributed by atoms with Gasteiger partial charge in [0.2, 0.25) is 0 Å². The molecule has 0 saturated carbocycles. The number of nitrogens with zero attached hydrogens (tertiary/aromatic N) is 9. The van der Waals surface area contributed by atoms with Crippen molar-refractivity contribution in [2.24, 2.45) is 0 Å². The van der Waals surface area contributed by atoms with Gasteiger partial charge in [-0.25, -0.2) is 39.5 Å². The summed E-state index contributed by atoms with van der Waals surface area (Å²) in [6, 6.07) is 36.2. The van der Waals surface area contributed by atoms with Gasteiger partial charge in [0.1, 0.15) is 26.3 Å². The summed E-state index contributed by atoms with van der Waals surface area (Å²) in [5, 5.41) is 25.0. The van der Waals surface area contributed by atoms with Crippen molar-refractivity contribution in [3.05, 3.63) is 119 Å². The Balaban J connectivity index is 0.000000174. The first-order chi connectivity index (χ1) is 41.4. The lowest BCUT2D eigenvalue weighted by Crippen LogP contribution is -2.46. The van der Waals surface area contributed by atoms with Crippen molar-refractivity contribution in [2.45, 2.75) is 135 Å². The minimum atomic E-state index is -5.08. The highest BCUT2D eigenvalue weighted by Crippen LogP contribution is 2.35. The van der Waals surface area contributed by atoms with Gasteiger partial charge < -0.3 is 51.1 Å². The van der Waals surface area contributed by atoms with Crippen LogP contribution in [0.25, 0.3) is 43.5 Å². The monoisotopic (exact) mass is 1210 g/mol. The van der Waals surface area contributed by atoms with E-state index in [2.05, 4.69) is 157 Å². The van der Waals surface area contributed by atoms with Gasteiger partial charge in [-0.15, -0.1) is 22.7 Å². The summed E-state index contributed by atoms with van der Waals surface area (Å²) in [6.45, 7) is 17.7. The number of thiazole rings is 2. The molecule has 0 spiro atoms. The largest absolute Gasteiger partial charge is 0.490 e. The molecule has 12 rings (SSSR count). The van der Waals surface area contributed by atoms with E-state index in [1.807, 2.05) is 36.7 Å². The standard InChI is InChI=1S/C33H41N7O2S.C28H33N7S.C2HF3O2/c1-22-8-7-15-40(22)27-12-6-11-26(19-27)36-30-28-31(43-21-35-28)38-29(37-30)24-10-5-9-23(18-24)20-34-25-13-16-39(17-14-25)32(41)42-33(2,3)4;1-19-5-4-14-35(19)24-9-3-8-23(16-24)32-27-25-28(36-18-31-25)34-26(33-27)21-7-2-6-20(15-21)17-30-22-10-12-29-13-11-22;3-2(4,5)1(6)7/h5-6,9-12,18-19,21-22,25,34H,7-8,13-17,20H2,1-4H3,(H,36,37,38);2-3,6-9,15-16,18-19,22,29-30H,4-5,10-14,17H2,1H3,(H,32,33,34);(H,6,7)/t22-;19-;/m00./s1. The van der Waals surface area contributed by atoms with Crippen molar-refractivity contribution in [3.8, 4) is 22.8 Å². The summed E-state index contributed by atoms with van der Waals surface area (Å²) in [4.78, 5) is 58.6. The molecule has 86 heavy (non-hydrogen) atoms.